The Morgan fingerprint density at radius 2 is 1.88 bits per heavy atom. The number of nitrogens with zero attached hydrogens (tertiary/aromatic N) is 4. The molecule has 1 aromatic rings. The molecule has 1 aromatic heterocycles. The van der Waals surface area contributed by atoms with E-state index in [9.17, 15) is 8.42 Å². The zero-order valence-corrected chi connectivity index (χ0v) is 11.4. The maximum Gasteiger partial charge on any atom is 0.225 e. The molecule has 0 radical (unpaired) electrons. The van der Waals surface area contributed by atoms with Crippen LogP contribution in [0.5, 0.6) is 0 Å². The molecule has 0 spiro atoms. The van der Waals surface area contributed by atoms with E-state index in [0.29, 0.717) is 31.0 Å². The van der Waals surface area contributed by atoms with Crippen LogP contribution in [0.25, 0.3) is 0 Å². The van der Waals surface area contributed by atoms with Crippen molar-refractivity contribution in [3.63, 3.8) is 0 Å². The maximum atomic E-state index is 11.4. The molecule has 2 heterocycles. The molecule has 1 aliphatic rings. The summed E-state index contributed by atoms with van der Waals surface area (Å²) in [6, 6.07) is 0. The van der Waals surface area contributed by atoms with Crippen LogP contribution in [0.2, 0.25) is 0 Å². The molecular weight excluding hydrogens is 262 g/mol. The first-order valence-corrected chi connectivity index (χ1v) is 7.46. The highest BCUT2D eigenvalue weighted by molar-refractivity contribution is 7.88. The van der Waals surface area contributed by atoms with Gasteiger partial charge < -0.3 is 4.90 Å². The highest BCUT2D eigenvalue weighted by atomic mass is 32.2. The van der Waals surface area contributed by atoms with Gasteiger partial charge in [-0.25, -0.2) is 13.5 Å². The van der Waals surface area contributed by atoms with Gasteiger partial charge in [0.25, 0.3) is 0 Å². The van der Waals surface area contributed by atoms with E-state index in [1.165, 1.54) is 10.6 Å². The third-order valence-electron chi connectivity index (χ3n) is 2.85. The first-order chi connectivity index (χ1) is 7.89. The zero-order valence-electron chi connectivity index (χ0n) is 9.75. The number of nitrogens with one attached hydrogen (secondary N) is 1. The molecule has 17 heavy (non-hydrogen) atoms. The van der Waals surface area contributed by atoms with Gasteiger partial charge in [-0.2, -0.15) is 4.31 Å². The second-order valence-corrected chi connectivity index (χ2v) is 6.41. The Morgan fingerprint density at radius 3 is 2.29 bits per heavy atom. The second kappa shape index (κ2) is 4.39. The van der Waals surface area contributed by atoms with E-state index in [4.69, 9.17) is 12.2 Å². The van der Waals surface area contributed by atoms with E-state index in [1.54, 1.807) is 4.57 Å². The number of rotatable bonds is 2. The molecule has 1 fully saturated rings. The standard InChI is InChI=1S/C8H15N5O2S2/c1-11-7(9-10-8(11)16)12-3-5-13(6-4-12)17(2,14)15/h3-6H2,1-2H3,(H,10,16). The topological polar surface area (TPSA) is 74.2 Å². The number of hydrogen-bond donors (Lipinski definition) is 1. The second-order valence-electron chi connectivity index (χ2n) is 4.04. The zero-order chi connectivity index (χ0) is 12.6. The molecule has 2 rings (SSSR count). The summed E-state index contributed by atoms with van der Waals surface area (Å²) in [5, 5.41) is 6.85. The summed E-state index contributed by atoms with van der Waals surface area (Å²) in [4.78, 5) is 2.02. The Balaban J connectivity index is 2.10. The molecule has 9 heteroatoms. The van der Waals surface area contributed by atoms with Gasteiger partial charge in [0.1, 0.15) is 0 Å². The lowest BCUT2D eigenvalue weighted by Gasteiger charge is -2.33. The highest BCUT2D eigenvalue weighted by Gasteiger charge is 2.25. The van der Waals surface area contributed by atoms with E-state index in [0.717, 1.165) is 5.95 Å². The van der Waals surface area contributed by atoms with Gasteiger partial charge in [0.05, 0.1) is 6.26 Å². The number of aromatic amines is 1. The van der Waals surface area contributed by atoms with Crippen LogP contribution in [0.4, 0.5) is 5.95 Å². The first-order valence-electron chi connectivity index (χ1n) is 5.21. The SMILES string of the molecule is Cn1c(N2CCN(S(C)(=O)=O)CC2)n[nH]c1=S. The molecule has 0 atom stereocenters. The van der Waals surface area contributed by atoms with Crippen LogP contribution in [0.1, 0.15) is 0 Å². The molecule has 0 unspecified atom stereocenters. The van der Waals surface area contributed by atoms with E-state index in [2.05, 4.69) is 10.2 Å². The molecular formula is C8H15N5O2S2. The Bertz CT molecular complexity index is 553. The van der Waals surface area contributed by atoms with E-state index < -0.39 is 10.0 Å². The molecule has 1 N–H and O–H groups in total. The summed E-state index contributed by atoms with van der Waals surface area (Å²) >= 11 is 5.04. The highest BCUT2D eigenvalue weighted by Crippen LogP contribution is 2.13. The Labute approximate surface area is 105 Å². The third kappa shape index (κ3) is 2.50. The molecule has 0 bridgehead atoms. The Hall–Kier alpha value is -0.930. The van der Waals surface area contributed by atoms with Crippen molar-refractivity contribution in [3.8, 4) is 0 Å². The van der Waals surface area contributed by atoms with Crippen molar-refractivity contribution in [2.75, 3.05) is 37.3 Å². The van der Waals surface area contributed by atoms with Crippen LogP contribution in [-0.4, -0.2) is 59.9 Å². The molecule has 0 saturated carbocycles. The fourth-order valence-electron chi connectivity index (χ4n) is 1.84. The molecule has 0 aromatic carbocycles. The summed E-state index contributed by atoms with van der Waals surface area (Å²) in [5.74, 6) is 0.753. The Morgan fingerprint density at radius 1 is 1.29 bits per heavy atom. The monoisotopic (exact) mass is 277 g/mol. The largest absolute Gasteiger partial charge is 0.338 e. The average molecular weight is 277 g/mol. The van der Waals surface area contributed by atoms with Gasteiger partial charge in [0, 0.05) is 33.2 Å². The van der Waals surface area contributed by atoms with Gasteiger partial charge in [0.2, 0.25) is 16.0 Å². The first kappa shape index (κ1) is 12.5. The van der Waals surface area contributed by atoms with Gasteiger partial charge >= 0.3 is 0 Å². The fraction of sp³-hybridized carbons (Fsp3) is 0.750. The van der Waals surface area contributed by atoms with Gasteiger partial charge in [-0.3, -0.25) is 4.57 Å². The minimum atomic E-state index is -3.09. The number of piperazine rings is 1. The van der Waals surface area contributed by atoms with Crippen molar-refractivity contribution in [2.45, 2.75) is 0 Å². The van der Waals surface area contributed by atoms with Crippen molar-refractivity contribution < 1.29 is 8.42 Å². The fourth-order valence-corrected chi connectivity index (χ4v) is 2.80. The van der Waals surface area contributed by atoms with Crippen molar-refractivity contribution in [1.82, 2.24) is 19.1 Å². The quantitative estimate of drug-likeness (QED) is 0.742. The van der Waals surface area contributed by atoms with Gasteiger partial charge in [-0.1, -0.05) is 0 Å². The lowest BCUT2D eigenvalue weighted by Crippen LogP contribution is -2.49. The lowest BCUT2D eigenvalue weighted by atomic mass is 10.4. The van der Waals surface area contributed by atoms with Crippen LogP contribution >= 0.6 is 12.2 Å². The third-order valence-corrected chi connectivity index (χ3v) is 4.52. The molecule has 1 aliphatic heterocycles. The van der Waals surface area contributed by atoms with Crippen molar-refractivity contribution in [3.05, 3.63) is 4.77 Å². The predicted molar refractivity (Wildman–Crippen MR) is 67.0 cm³/mol. The van der Waals surface area contributed by atoms with Crippen LogP contribution in [0, 0.1) is 4.77 Å². The Kier molecular flexibility index (Phi) is 3.23. The van der Waals surface area contributed by atoms with Crippen LogP contribution in [0.15, 0.2) is 0 Å². The average Bonchev–Trinajstić information content (AvgIpc) is 2.59. The molecule has 1 saturated heterocycles. The van der Waals surface area contributed by atoms with Crippen molar-refractivity contribution in [1.29, 1.82) is 0 Å². The van der Waals surface area contributed by atoms with Crippen LogP contribution in [-0.2, 0) is 17.1 Å². The van der Waals surface area contributed by atoms with Gasteiger partial charge in [0.15, 0.2) is 4.77 Å². The molecule has 0 aliphatic carbocycles. The van der Waals surface area contributed by atoms with Gasteiger partial charge in [-0.05, 0) is 12.2 Å². The summed E-state index contributed by atoms with van der Waals surface area (Å²) in [7, 11) is -1.25. The van der Waals surface area contributed by atoms with Crippen LogP contribution < -0.4 is 4.90 Å². The van der Waals surface area contributed by atoms with E-state index >= 15 is 0 Å². The van der Waals surface area contributed by atoms with Crippen molar-refractivity contribution >= 4 is 28.2 Å². The maximum absolute atomic E-state index is 11.4. The summed E-state index contributed by atoms with van der Waals surface area (Å²) in [6.45, 7) is 2.22. The van der Waals surface area contributed by atoms with Gasteiger partial charge in [-0.15, -0.1) is 5.10 Å². The number of sulfonamides is 1. The predicted octanol–water partition coefficient (Wildman–Crippen LogP) is -0.441. The number of hydrogen-bond acceptors (Lipinski definition) is 5. The summed E-state index contributed by atoms with van der Waals surface area (Å²) in [6.07, 6.45) is 1.23. The number of aromatic nitrogens is 3. The normalized spacial score (nSPS) is 18.6. The smallest absolute Gasteiger partial charge is 0.225 e. The minimum Gasteiger partial charge on any atom is -0.338 e. The van der Waals surface area contributed by atoms with Crippen LogP contribution in [0.3, 0.4) is 0 Å². The van der Waals surface area contributed by atoms with E-state index in [-0.39, 0.29) is 0 Å². The number of anilines is 1. The summed E-state index contributed by atoms with van der Waals surface area (Å²) in [5.41, 5.74) is 0. The van der Waals surface area contributed by atoms with Crippen molar-refractivity contribution in [2.24, 2.45) is 7.05 Å². The molecule has 96 valence electrons. The molecule has 7 nitrogen and oxygen atoms in total. The minimum absolute atomic E-state index is 0.485. The lowest BCUT2D eigenvalue weighted by molar-refractivity contribution is 0.384. The number of H-pyrrole nitrogens is 1. The molecule has 0 amide bonds. The van der Waals surface area contributed by atoms with E-state index in [1.807, 2.05) is 11.9 Å². The summed E-state index contributed by atoms with van der Waals surface area (Å²) < 4.78 is 26.5.